The SMILES string of the molecule is CC(C)C(Br)C(=O)N(CCO)CCO. The molecule has 0 spiro atoms. The van der Waals surface area contributed by atoms with Crippen LogP contribution in [0.2, 0.25) is 0 Å². The number of nitrogens with zero attached hydrogens (tertiary/aromatic N) is 1. The van der Waals surface area contributed by atoms with Gasteiger partial charge in [0, 0.05) is 13.1 Å². The summed E-state index contributed by atoms with van der Waals surface area (Å²) in [6, 6.07) is 0. The molecule has 0 saturated heterocycles. The number of carbonyl (C=O) groups excluding carboxylic acids is 1. The summed E-state index contributed by atoms with van der Waals surface area (Å²) in [5.74, 6) is 0.116. The number of aliphatic hydroxyl groups excluding tert-OH is 2. The van der Waals surface area contributed by atoms with Crippen molar-refractivity contribution in [3.05, 3.63) is 0 Å². The van der Waals surface area contributed by atoms with Gasteiger partial charge in [-0.1, -0.05) is 29.8 Å². The van der Waals surface area contributed by atoms with Crippen LogP contribution in [-0.2, 0) is 4.79 Å². The molecular weight excluding hydrogens is 250 g/mol. The zero-order valence-electron chi connectivity index (χ0n) is 8.61. The van der Waals surface area contributed by atoms with E-state index in [-0.39, 0.29) is 43.0 Å². The van der Waals surface area contributed by atoms with Crippen LogP contribution in [0.25, 0.3) is 0 Å². The minimum absolute atomic E-state index is 0.0798. The van der Waals surface area contributed by atoms with E-state index in [0.717, 1.165) is 0 Å². The topological polar surface area (TPSA) is 60.8 Å². The highest BCUT2D eigenvalue weighted by Crippen LogP contribution is 2.14. The lowest BCUT2D eigenvalue weighted by atomic mass is 10.1. The van der Waals surface area contributed by atoms with Crippen LogP contribution in [0.3, 0.4) is 0 Å². The van der Waals surface area contributed by atoms with Crippen LogP contribution in [0, 0.1) is 5.92 Å². The molecular formula is C9H18BrNO3. The highest BCUT2D eigenvalue weighted by Gasteiger charge is 2.23. The van der Waals surface area contributed by atoms with Gasteiger partial charge in [0.15, 0.2) is 0 Å². The van der Waals surface area contributed by atoms with Crippen molar-refractivity contribution in [2.75, 3.05) is 26.3 Å². The molecule has 1 amide bonds. The third kappa shape index (κ3) is 4.39. The average Bonchev–Trinajstić information content (AvgIpc) is 2.15. The molecule has 14 heavy (non-hydrogen) atoms. The van der Waals surface area contributed by atoms with Crippen molar-refractivity contribution in [3.8, 4) is 0 Å². The van der Waals surface area contributed by atoms with Gasteiger partial charge < -0.3 is 15.1 Å². The first-order valence-electron chi connectivity index (χ1n) is 4.69. The molecule has 0 heterocycles. The van der Waals surface area contributed by atoms with Gasteiger partial charge in [0.2, 0.25) is 5.91 Å². The molecule has 0 aliphatic heterocycles. The number of aliphatic hydroxyl groups is 2. The fourth-order valence-corrected chi connectivity index (χ4v) is 1.32. The van der Waals surface area contributed by atoms with Gasteiger partial charge in [0.25, 0.3) is 0 Å². The lowest BCUT2D eigenvalue weighted by Crippen LogP contribution is -2.41. The number of halogens is 1. The Morgan fingerprint density at radius 1 is 1.29 bits per heavy atom. The standard InChI is InChI=1S/C9H18BrNO3/c1-7(2)8(10)9(14)11(3-5-12)4-6-13/h7-8,12-13H,3-6H2,1-2H3. The van der Waals surface area contributed by atoms with Crippen LogP contribution in [0.5, 0.6) is 0 Å². The summed E-state index contributed by atoms with van der Waals surface area (Å²) < 4.78 is 0. The number of alkyl halides is 1. The minimum atomic E-state index is -0.249. The molecule has 0 aromatic rings. The van der Waals surface area contributed by atoms with Crippen LogP contribution in [0.15, 0.2) is 0 Å². The molecule has 0 bridgehead atoms. The molecule has 0 aliphatic carbocycles. The van der Waals surface area contributed by atoms with E-state index in [9.17, 15) is 4.79 Å². The van der Waals surface area contributed by atoms with E-state index in [1.807, 2.05) is 13.8 Å². The molecule has 0 aliphatic rings. The monoisotopic (exact) mass is 267 g/mol. The van der Waals surface area contributed by atoms with Crippen LogP contribution in [0.4, 0.5) is 0 Å². The van der Waals surface area contributed by atoms with Gasteiger partial charge in [-0.25, -0.2) is 0 Å². The first-order chi connectivity index (χ1) is 6.54. The van der Waals surface area contributed by atoms with Crippen molar-refractivity contribution >= 4 is 21.8 Å². The van der Waals surface area contributed by atoms with E-state index in [0.29, 0.717) is 0 Å². The fraction of sp³-hybridized carbons (Fsp3) is 0.889. The zero-order chi connectivity index (χ0) is 11.1. The molecule has 4 nitrogen and oxygen atoms in total. The Morgan fingerprint density at radius 2 is 1.71 bits per heavy atom. The number of amides is 1. The maximum absolute atomic E-state index is 11.7. The molecule has 84 valence electrons. The summed E-state index contributed by atoms with van der Waals surface area (Å²) in [5, 5.41) is 17.5. The summed E-state index contributed by atoms with van der Waals surface area (Å²) in [6.45, 7) is 4.26. The van der Waals surface area contributed by atoms with E-state index in [4.69, 9.17) is 10.2 Å². The predicted molar refractivity (Wildman–Crippen MR) is 58.3 cm³/mol. The van der Waals surface area contributed by atoms with Crippen molar-refractivity contribution in [2.24, 2.45) is 5.92 Å². The molecule has 0 radical (unpaired) electrons. The smallest absolute Gasteiger partial charge is 0.236 e. The zero-order valence-corrected chi connectivity index (χ0v) is 10.2. The van der Waals surface area contributed by atoms with Crippen molar-refractivity contribution < 1.29 is 15.0 Å². The Balaban J connectivity index is 4.26. The van der Waals surface area contributed by atoms with Gasteiger partial charge in [-0.05, 0) is 5.92 Å². The lowest BCUT2D eigenvalue weighted by molar-refractivity contribution is -0.132. The molecule has 0 rings (SSSR count). The van der Waals surface area contributed by atoms with Crippen molar-refractivity contribution in [1.82, 2.24) is 4.90 Å². The van der Waals surface area contributed by atoms with Crippen molar-refractivity contribution in [1.29, 1.82) is 0 Å². The first kappa shape index (κ1) is 13.9. The maximum Gasteiger partial charge on any atom is 0.236 e. The summed E-state index contributed by atoms with van der Waals surface area (Å²) in [4.78, 5) is 12.9. The molecule has 5 heteroatoms. The number of hydrogen-bond acceptors (Lipinski definition) is 3. The highest BCUT2D eigenvalue weighted by molar-refractivity contribution is 9.10. The second-order valence-electron chi connectivity index (χ2n) is 3.42. The molecule has 1 atom stereocenters. The van der Waals surface area contributed by atoms with Crippen molar-refractivity contribution in [2.45, 2.75) is 18.7 Å². The van der Waals surface area contributed by atoms with Crippen LogP contribution in [0.1, 0.15) is 13.8 Å². The van der Waals surface area contributed by atoms with Gasteiger partial charge in [-0.3, -0.25) is 4.79 Å². The first-order valence-corrected chi connectivity index (χ1v) is 5.60. The second kappa shape index (κ2) is 7.20. The highest BCUT2D eigenvalue weighted by atomic mass is 79.9. The molecule has 0 saturated carbocycles. The third-order valence-corrected chi connectivity index (χ3v) is 3.32. The van der Waals surface area contributed by atoms with Crippen LogP contribution in [-0.4, -0.2) is 52.2 Å². The van der Waals surface area contributed by atoms with Crippen LogP contribution >= 0.6 is 15.9 Å². The summed E-state index contributed by atoms with van der Waals surface area (Å²) >= 11 is 3.29. The Kier molecular flexibility index (Phi) is 7.13. The average molecular weight is 268 g/mol. The van der Waals surface area contributed by atoms with E-state index < -0.39 is 0 Å². The van der Waals surface area contributed by atoms with Crippen LogP contribution < -0.4 is 0 Å². The fourth-order valence-electron chi connectivity index (χ4n) is 1.03. The summed E-state index contributed by atoms with van der Waals surface area (Å²) in [6.07, 6.45) is 0. The van der Waals surface area contributed by atoms with E-state index >= 15 is 0 Å². The Hall–Kier alpha value is -0.130. The normalized spacial score (nSPS) is 13.0. The summed E-state index contributed by atoms with van der Waals surface area (Å²) in [5.41, 5.74) is 0. The molecule has 2 N–H and O–H groups in total. The second-order valence-corrected chi connectivity index (χ2v) is 4.40. The van der Waals surface area contributed by atoms with Gasteiger partial charge in [0.1, 0.15) is 0 Å². The molecule has 0 aromatic heterocycles. The summed E-state index contributed by atoms with van der Waals surface area (Å²) in [7, 11) is 0. The Morgan fingerprint density at radius 3 is 2.00 bits per heavy atom. The van der Waals surface area contributed by atoms with Gasteiger partial charge >= 0.3 is 0 Å². The molecule has 0 fully saturated rings. The molecule has 1 unspecified atom stereocenters. The lowest BCUT2D eigenvalue weighted by Gasteiger charge is -2.25. The quantitative estimate of drug-likeness (QED) is 0.677. The minimum Gasteiger partial charge on any atom is -0.395 e. The predicted octanol–water partition coefficient (Wildman–Crippen LogP) is 0.219. The van der Waals surface area contributed by atoms with E-state index in [1.165, 1.54) is 4.90 Å². The van der Waals surface area contributed by atoms with E-state index in [1.54, 1.807) is 0 Å². The number of rotatable bonds is 6. The van der Waals surface area contributed by atoms with Gasteiger partial charge in [-0.2, -0.15) is 0 Å². The van der Waals surface area contributed by atoms with Gasteiger partial charge in [0.05, 0.1) is 18.0 Å². The largest absolute Gasteiger partial charge is 0.395 e. The number of carbonyl (C=O) groups is 1. The third-order valence-electron chi connectivity index (χ3n) is 1.87. The number of hydrogen-bond donors (Lipinski definition) is 2. The van der Waals surface area contributed by atoms with E-state index in [2.05, 4.69) is 15.9 Å². The Labute approximate surface area is 93.0 Å². The van der Waals surface area contributed by atoms with Gasteiger partial charge in [-0.15, -0.1) is 0 Å². The van der Waals surface area contributed by atoms with Crippen molar-refractivity contribution in [3.63, 3.8) is 0 Å². The molecule has 0 aromatic carbocycles. The maximum atomic E-state index is 11.7. The Bertz CT molecular complexity index is 169.